The second-order valence-electron chi connectivity index (χ2n) is 5.07. The number of carbonyl (C=O) groups excluding carboxylic acids is 1. The molecule has 24 heavy (non-hydrogen) atoms. The normalized spacial score (nSPS) is 11.3. The fraction of sp³-hybridized carbons (Fsp3) is 0.467. The number of benzene rings is 1. The van der Waals surface area contributed by atoms with Crippen LogP contribution in [0, 0.1) is 0 Å². The Hall–Kier alpha value is -2.00. The lowest BCUT2D eigenvalue weighted by molar-refractivity contribution is -0.128. The van der Waals surface area contributed by atoms with Crippen LogP contribution < -0.4 is 10.1 Å². The Kier molecular flexibility index (Phi) is 7.80. The van der Waals surface area contributed by atoms with Crippen LogP contribution in [0.2, 0.25) is 0 Å². The van der Waals surface area contributed by atoms with Gasteiger partial charge in [-0.05, 0) is 43.3 Å². The van der Waals surface area contributed by atoms with E-state index >= 15 is 0 Å². The summed E-state index contributed by atoms with van der Waals surface area (Å²) in [5.74, 6) is 0.142. The molecule has 1 N–H and O–H groups in total. The molecule has 0 bridgehead atoms. The third-order valence-corrected chi connectivity index (χ3v) is 4.25. The van der Waals surface area contributed by atoms with Crippen LogP contribution in [0.1, 0.15) is 25.8 Å². The Bertz CT molecular complexity index is 739. The fourth-order valence-corrected chi connectivity index (χ4v) is 2.70. The van der Waals surface area contributed by atoms with Crippen molar-refractivity contribution in [1.29, 1.82) is 0 Å². The van der Waals surface area contributed by atoms with Gasteiger partial charge >= 0.3 is 10.5 Å². The highest BCUT2D eigenvalue weighted by atomic mass is 32.2. The van der Waals surface area contributed by atoms with Gasteiger partial charge in [-0.2, -0.15) is 8.42 Å². The number of nitrogens with one attached hydrogen (secondary N) is 1. The summed E-state index contributed by atoms with van der Waals surface area (Å²) in [5, 5.41) is 3.17. The van der Waals surface area contributed by atoms with Crippen LogP contribution in [0.15, 0.2) is 22.6 Å². The molecule has 1 aromatic rings. The van der Waals surface area contributed by atoms with Gasteiger partial charge in [0.15, 0.2) is 5.11 Å². The van der Waals surface area contributed by atoms with E-state index in [1.807, 2.05) is 13.8 Å². The molecule has 0 fully saturated rings. The van der Waals surface area contributed by atoms with Crippen LogP contribution in [0.5, 0.6) is 5.75 Å². The number of methoxy groups -OCH3 is 1. The van der Waals surface area contributed by atoms with E-state index in [0.29, 0.717) is 16.4 Å². The summed E-state index contributed by atoms with van der Waals surface area (Å²) in [7, 11) is 0.478. The molecular formula is C15H21N3O4S2. The Morgan fingerprint density at radius 3 is 2.62 bits per heavy atom. The van der Waals surface area contributed by atoms with Crippen LogP contribution >= 0.6 is 12.2 Å². The molecule has 1 rings (SSSR count). The molecule has 1 unspecified atom stereocenters. The summed E-state index contributed by atoms with van der Waals surface area (Å²) in [4.78, 5) is 14.1. The maximum Gasteiger partial charge on any atom is 0.316 e. The average molecular weight is 371 g/mol. The van der Waals surface area contributed by atoms with Crippen molar-refractivity contribution >= 4 is 39.4 Å². The van der Waals surface area contributed by atoms with Crippen LogP contribution in [0.25, 0.3) is 0 Å². The van der Waals surface area contributed by atoms with Crippen molar-refractivity contribution in [2.75, 3.05) is 14.2 Å². The number of ether oxygens (including phenoxy) is 1. The van der Waals surface area contributed by atoms with Gasteiger partial charge in [0.2, 0.25) is 5.91 Å². The molecule has 1 aromatic carbocycles. The van der Waals surface area contributed by atoms with Gasteiger partial charge in [0, 0.05) is 13.1 Å². The lowest BCUT2D eigenvalue weighted by Gasteiger charge is -2.28. The quantitative estimate of drug-likeness (QED) is 0.770. The molecule has 1 amide bonds. The molecule has 0 aliphatic rings. The first-order valence-electron chi connectivity index (χ1n) is 7.35. The van der Waals surface area contributed by atoms with Crippen molar-refractivity contribution in [2.24, 2.45) is 4.36 Å². The van der Waals surface area contributed by atoms with E-state index in [2.05, 4.69) is 9.68 Å². The molecule has 0 aliphatic carbocycles. The zero-order valence-corrected chi connectivity index (χ0v) is 15.7. The number of thiocarbonyl (C=S) groups is 1. The topological polar surface area (TPSA) is 88.1 Å². The van der Waals surface area contributed by atoms with Gasteiger partial charge < -0.3 is 10.1 Å². The minimum atomic E-state index is -2.61. The lowest BCUT2D eigenvalue weighted by Crippen LogP contribution is -2.47. The molecule has 0 aromatic heterocycles. The molecule has 1 atom stereocenters. The summed E-state index contributed by atoms with van der Waals surface area (Å²) < 4.78 is 30.2. The number of hydrogen-bond acceptors (Lipinski definition) is 6. The standard InChI is InChI=1S/C15H21N3O4S2/c1-5-10(2)18(15(23)16-3)14(19)9-11-6-7-13(22-4)12(8-11)17-24(20)21/h6-8,10H,5,9H2,1-4H3,(H,16,23). The summed E-state index contributed by atoms with van der Waals surface area (Å²) in [5.41, 5.74) is 0.777. The van der Waals surface area contributed by atoms with Crippen LogP contribution in [0.3, 0.4) is 0 Å². The Morgan fingerprint density at radius 2 is 2.12 bits per heavy atom. The highest BCUT2D eigenvalue weighted by Crippen LogP contribution is 2.28. The number of amides is 1. The Morgan fingerprint density at radius 1 is 1.46 bits per heavy atom. The molecule has 0 heterocycles. The van der Waals surface area contributed by atoms with Gasteiger partial charge in [0.1, 0.15) is 11.4 Å². The fourth-order valence-electron chi connectivity index (χ4n) is 2.12. The molecule has 132 valence electrons. The van der Waals surface area contributed by atoms with Crippen LogP contribution in [-0.2, 0) is 21.7 Å². The average Bonchev–Trinajstić information content (AvgIpc) is 2.54. The maximum atomic E-state index is 12.6. The van der Waals surface area contributed by atoms with Gasteiger partial charge in [0.05, 0.1) is 13.5 Å². The molecule has 0 radical (unpaired) electrons. The van der Waals surface area contributed by atoms with Gasteiger partial charge in [-0.3, -0.25) is 9.69 Å². The van der Waals surface area contributed by atoms with Crippen molar-refractivity contribution in [3.8, 4) is 5.75 Å². The van der Waals surface area contributed by atoms with Crippen molar-refractivity contribution < 1.29 is 17.9 Å². The van der Waals surface area contributed by atoms with Gasteiger partial charge in [-0.25, -0.2) is 0 Å². The monoisotopic (exact) mass is 371 g/mol. The highest BCUT2D eigenvalue weighted by Gasteiger charge is 2.23. The summed E-state index contributed by atoms with van der Waals surface area (Å²) >= 11 is 5.21. The predicted molar refractivity (Wildman–Crippen MR) is 96.0 cm³/mol. The largest absolute Gasteiger partial charge is 0.494 e. The highest BCUT2D eigenvalue weighted by molar-refractivity contribution is 7.80. The van der Waals surface area contributed by atoms with E-state index in [4.69, 9.17) is 17.0 Å². The minimum absolute atomic E-state index is 0.0472. The smallest absolute Gasteiger partial charge is 0.316 e. The van der Waals surface area contributed by atoms with Crippen LogP contribution in [-0.4, -0.2) is 44.5 Å². The van der Waals surface area contributed by atoms with E-state index in [1.54, 1.807) is 19.2 Å². The first-order valence-corrected chi connectivity index (χ1v) is 8.79. The van der Waals surface area contributed by atoms with E-state index in [9.17, 15) is 13.2 Å². The SMILES string of the molecule is CCC(C)N(C(=O)Cc1ccc(OC)c(N=S(=O)=O)c1)C(=S)NC. The Labute approximate surface area is 148 Å². The second kappa shape index (κ2) is 9.33. The third-order valence-electron chi connectivity index (χ3n) is 3.50. The maximum absolute atomic E-state index is 12.6. The third kappa shape index (κ3) is 5.27. The molecule has 0 saturated heterocycles. The number of carbonyl (C=O) groups is 1. The number of nitrogens with zero attached hydrogens (tertiary/aromatic N) is 2. The van der Waals surface area contributed by atoms with Gasteiger partial charge in [-0.15, -0.1) is 4.36 Å². The van der Waals surface area contributed by atoms with Crippen molar-refractivity contribution in [3.63, 3.8) is 0 Å². The van der Waals surface area contributed by atoms with E-state index < -0.39 is 10.5 Å². The zero-order chi connectivity index (χ0) is 18.3. The van der Waals surface area contributed by atoms with Gasteiger partial charge in [-0.1, -0.05) is 13.0 Å². The molecular weight excluding hydrogens is 350 g/mol. The summed E-state index contributed by atoms with van der Waals surface area (Å²) in [6, 6.07) is 4.75. The van der Waals surface area contributed by atoms with Crippen molar-refractivity contribution in [3.05, 3.63) is 23.8 Å². The molecule has 9 heteroatoms. The van der Waals surface area contributed by atoms with Crippen LogP contribution in [0.4, 0.5) is 5.69 Å². The number of hydrogen-bond donors (Lipinski definition) is 1. The molecule has 0 saturated carbocycles. The van der Waals surface area contributed by atoms with Gasteiger partial charge in [0.25, 0.3) is 0 Å². The first-order chi connectivity index (χ1) is 11.3. The number of rotatable bonds is 6. The van der Waals surface area contributed by atoms with E-state index in [0.717, 1.165) is 6.42 Å². The first kappa shape index (κ1) is 20.0. The summed E-state index contributed by atoms with van der Waals surface area (Å²) in [6.07, 6.45) is 0.829. The zero-order valence-electron chi connectivity index (χ0n) is 14.1. The van der Waals surface area contributed by atoms with Crippen molar-refractivity contribution in [1.82, 2.24) is 10.2 Å². The Balaban J connectivity index is 3.12. The van der Waals surface area contributed by atoms with E-state index in [-0.39, 0.29) is 24.1 Å². The minimum Gasteiger partial charge on any atom is -0.494 e. The molecule has 0 aliphatic heterocycles. The predicted octanol–water partition coefficient (Wildman–Crippen LogP) is 2.06. The summed E-state index contributed by atoms with van der Waals surface area (Å²) in [6.45, 7) is 3.88. The second-order valence-corrected chi connectivity index (χ2v) is 6.07. The lowest BCUT2D eigenvalue weighted by atomic mass is 10.1. The van der Waals surface area contributed by atoms with Crippen molar-refractivity contribution in [2.45, 2.75) is 32.7 Å². The van der Waals surface area contributed by atoms with E-state index in [1.165, 1.54) is 18.1 Å². The molecule has 0 spiro atoms. The molecule has 7 nitrogen and oxygen atoms in total.